The molecule has 0 aliphatic carbocycles. The van der Waals surface area contributed by atoms with Crippen LogP contribution in [0.2, 0.25) is 0 Å². The van der Waals surface area contributed by atoms with Gasteiger partial charge in [-0.1, -0.05) is 12.1 Å². The fraction of sp³-hybridized carbons (Fsp3) is 0.300. The lowest BCUT2D eigenvalue weighted by molar-refractivity contribution is 0.168. The number of para-hydroxylation sites is 2. The van der Waals surface area contributed by atoms with Gasteiger partial charge in [-0.3, -0.25) is 0 Å². The molecule has 15 heavy (non-hydrogen) atoms. The smallest absolute Gasteiger partial charge is 0.406 e. The molecule has 0 bridgehead atoms. The van der Waals surface area contributed by atoms with Gasteiger partial charge in [0.25, 0.3) is 0 Å². The second-order valence-corrected chi connectivity index (χ2v) is 2.80. The fourth-order valence-corrected chi connectivity index (χ4v) is 0.998. The summed E-state index contributed by atoms with van der Waals surface area (Å²) in [6.45, 7) is 0.727. The Morgan fingerprint density at radius 3 is 2.87 bits per heavy atom. The number of hydrogen-bond acceptors (Lipinski definition) is 4. The normalized spacial score (nSPS) is 9.40. The Morgan fingerprint density at radius 1 is 1.47 bits per heavy atom. The quantitative estimate of drug-likeness (QED) is 0.574. The van der Waals surface area contributed by atoms with Gasteiger partial charge in [0.15, 0.2) is 0 Å². The van der Waals surface area contributed by atoms with Gasteiger partial charge in [-0.25, -0.2) is 4.79 Å². The molecule has 0 heterocycles. The number of alkyl carbamates (subject to hydrolysis) is 1. The van der Waals surface area contributed by atoms with E-state index in [1.54, 1.807) is 12.1 Å². The van der Waals surface area contributed by atoms with E-state index in [2.05, 4.69) is 10.1 Å². The molecule has 0 spiro atoms. The standard InChI is InChI=1S/C10H14N2O3/c1-14-10(13)12-6-7-15-9-5-3-2-4-8(9)11/h2-5H,6-7,11H2,1H3,(H,12,13). The molecule has 0 aliphatic heterocycles. The molecule has 0 saturated heterocycles. The van der Waals surface area contributed by atoms with Crippen LogP contribution in [-0.2, 0) is 4.74 Å². The summed E-state index contributed by atoms with van der Waals surface area (Å²) in [7, 11) is 1.31. The van der Waals surface area contributed by atoms with Gasteiger partial charge >= 0.3 is 6.09 Å². The van der Waals surface area contributed by atoms with Gasteiger partial charge in [-0.05, 0) is 12.1 Å². The first kappa shape index (κ1) is 11.2. The van der Waals surface area contributed by atoms with Crippen LogP contribution in [0.25, 0.3) is 0 Å². The predicted molar refractivity (Wildman–Crippen MR) is 56.8 cm³/mol. The third kappa shape index (κ3) is 3.76. The SMILES string of the molecule is COC(=O)NCCOc1ccccc1N. The summed E-state index contributed by atoms with van der Waals surface area (Å²) >= 11 is 0. The van der Waals surface area contributed by atoms with Crippen molar-refractivity contribution < 1.29 is 14.3 Å². The molecule has 1 aromatic carbocycles. The molecule has 5 heteroatoms. The van der Waals surface area contributed by atoms with Crippen LogP contribution in [0.5, 0.6) is 5.75 Å². The number of carbonyl (C=O) groups excluding carboxylic acids is 1. The van der Waals surface area contributed by atoms with E-state index < -0.39 is 6.09 Å². The van der Waals surface area contributed by atoms with Gasteiger partial charge in [0, 0.05) is 0 Å². The number of hydrogen-bond donors (Lipinski definition) is 2. The van der Waals surface area contributed by atoms with Crippen LogP contribution in [0.15, 0.2) is 24.3 Å². The molecule has 0 saturated carbocycles. The summed E-state index contributed by atoms with van der Waals surface area (Å²) in [4.78, 5) is 10.7. The van der Waals surface area contributed by atoms with Crippen LogP contribution < -0.4 is 15.8 Å². The number of nitrogens with two attached hydrogens (primary N) is 1. The molecule has 82 valence electrons. The van der Waals surface area contributed by atoms with Gasteiger partial charge in [0.1, 0.15) is 12.4 Å². The zero-order valence-electron chi connectivity index (χ0n) is 8.53. The Kier molecular flexibility index (Phi) is 4.28. The molecule has 1 amide bonds. The number of amides is 1. The summed E-state index contributed by atoms with van der Waals surface area (Å²) in [5, 5.41) is 2.50. The third-order valence-electron chi connectivity index (χ3n) is 1.73. The topological polar surface area (TPSA) is 73.6 Å². The van der Waals surface area contributed by atoms with Crippen molar-refractivity contribution >= 4 is 11.8 Å². The Hall–Kier alpha value is -1.91. The van der Waals surface area contributed by atoms with Crippen molar-refractivity contribution in [1.82, 2.24) is 5.32 Å². The highest BCUT2D eigenvalue weighted by atomic mass is 16.5. The van der Waals surface area contributed by atoms with E-state index in [1.807, 2.05) is 12.1 Å². The second-order valence-electron chi connectivity index (χ2n) is 2.80. The molecule has 0 atom stereocenters. The molecule has 0 aromatic heterocycles. The highest BCUT2D eigenvalue weighted by molar-refractivity contribution is 5.66. The van der Waals surface area contributed by atoms with Gasteiger partial charge < -0.3 is 20.5 Å². The molecular weight excluding hydrogens is 196 g/mol. The predicted octanol–water partition coefficient (Wildman–Crippen LogP) is 1.00. The number of rotatable bonds is 4. The Morgan fingerprint density at radius 2 is 2.20 bits per heavy atom. The number of anilines is 1. The summed E-state index contributed by atoms with van der Waals surface area (Å²) < 4.78 is 9.73. The largest absolute Gasteiger partial charge is 0.490 e. The maximum atomic E-state index is 10.7. The van der Waals surface area contributed by atoms with Gasteiger partial charge in [-0.15, -0.1) is 0 Å². The summed E-state index contributed by atoms with van der Waals surface area (Å²) in [6, 6.07) is 7.19. The minimum atomic E-state index is -0.473. The Labute approximate surface area is 88.2 Å². The number of ether oxygens (including phenoxy) is 2. The van der Waals surface area contributed by atoms with Crippen molar-refractivity contribution in [3.05, 3.63) is 24.3 Å². The maximum Gasteiger partial charge on any atom is 0.406 e. The van der Waals surface area contributed by atoms with Crippen molar-refractivity contribution in [2.75, 3.05) is 26.0 Å². The van der Waals surface area contributed by atoms with E-state index in [0.717, 1.165) is 0 Å². The van der Waals surface area contributed by atoms with Crippen molar-refractivity contribution in [1.29, 1.82) is 0 Å². The Bertz CT molecular complexity index is 328. The lowest BCUT2D eigenvalue weighted by Crippen LogP contribution is -2.27. The van der Waals surface area contributed by atoms with E-state index in [9.17, 15) is 4.79 Å². The van der Waals surface area contributed by atoms with Crippen molar-refractivity contribution in [3.63, 3.8) is 0 Å². The molecule has 0 unspecified atom stereocenters. The average Bonchev–Trinajstić information content (AvgIpc) is 2.26. The van der Waals surface area contributed by atoms with E-state index in [1.165, 1.54) is 7.11 Å². The van der Waals surface area contributed by atoms with Crippen LogP contribution in [0.1, 0.15) is 0 Å². The molecule has 3 N–H and O–H groups in total. The molecule has 0 aliphatic rings. The van der Waals surface area contributed by atoms with Crippen molar-refractivity contribution in [3.8, 4) is 5.75 Å². The average molecular weight is 210 g/mol. The molecule has 1 aromatic rings. The van der Waals surface area contributed by atoms with E-state index in [0.29, 0.717) is 24.6 Å². The number of methoxy groups -OCH3 is 1. The van der Waals surface area contributed by atoms with E-state index >= 15 is 0 Å². The van der Waals surface area contributed by atoms with Crippen molar-refractivity contribution in [2.45, 2.75) is 0 Å². The first-order valence-corrected chi connectivity index (χ1v) is 4.53. The molecule has 1 rings (SSSR count). The van der Waals surface area contributed by atoms with Gasteiger partial charge in [-0.2, -0.15) is 0 Å². The first-order valence-electron chi connectivity index (χ1n) is 4.53. The summed E-state index contributed by atoms with van der Waals surface area (Å²) in [5.74, 6) is 0.615. The minimum absolute atomic E-state index is 0.351. The Balaban J connectivity index is 2.26. The van der Waals surface area contributed by atoms with Gasteiger partial charge in [0.2, 0.25) is 0 Å². The maximum absolute atomic E-state index is 10.7. The van der Waals surface area contributed by atoms with Crippen molar-refractivity contribution in [2.24, 2.45) is 0 Å². The highest BCUT2D eigenvalue weighted by Crippen LogP contribution is 2.19. The fourth-order valence-electron chi connectivity index (χ4n) is 0.998. The monoisotopic (exact) mass is 210 g/mol. The molecule has 5 nitrogen and oxygen atoms in total. The second kappa shape index (κ2) is 5.74. The summed E-state index contributed by atoms with van der Waals surface area (Å²) in [6.07, 6.45) is -0.473. The lowest BCUT2D eigenvalue weighted by atomic mass is 10.3. The molecular formula is C10H14N2O3. The number of benzene rings is 1. The lowest BCUT2D eigenvalue weighted by Gasteiger charge is -2.08. The zero-order chi connectivity index (χ0) is 11.1. The van der Waals surface area contributed by atoms with Crippen LogP contribution in [0.3, 0.4) is 0 Å². The first-order chi connectivity index (χ1) is 7.24. The van der Waals surface area contributed by atoms with Crippen LogP contribution in [-0.4, -0.2) is 26.4 Å². The molecule has 0 radical (unpaired) electrons. The van der Waals surface area contributed by atoms with E-state index in [4.69, 9.17) is 10.5 Å². The number of nitrogens with one attached hydrogen (secondary N) is 1. The molecule has 0 fully saturated rings. The van der Waals surface area contributed by atoms with Crippen LogP contribution in [0.4, 0.5) is 10.5 Å². The highest BCUT2D eigenvalue weighted by Gasteiger charge is 1.99. The summed E-state index contributed by atoms with van der Waals surface area (Å²) in [5.41, 5.74) is 6.23. The van der Waals surface area contributed by atoms with Crippen LogP contribution >= 0.6 is 0 Å². The minimum Gasteiger partial charge on any atom is -0.490 e. The third-order valence-corrected chi connectivity index (χ3v) is 1.73. The van der Waals surface area contributed by atoms with Crippen LogP contribution in [0, 0.1) is 0 Å². The zero-order valence-corrected chi connectivity index (χ0v) is 8.53. The number of nitrogen functional groups attached to an aromatic ring is 1. The van der Waals surface area contributed by atoms with Gasteiger partial charge in [0.05, 0.1) is 19.3 Å². The number of carbonyl (C=O) groups is 1. The van der Waals surface area contributed by atoms with E-state index in [-0.39, 0.29) is 0 Å².